The van der Waals surface area contributed by atoms with E-state index in [1.54, 1.807) is 19.2 Å². The van der Waals surface area contributed by atoms with Gasteiger partial charge in [-0.25, -0.2) is 17.9 Å². The summed E-state index contributed by atoms with van der Waals surface area (Å²) in [4.78, 5) is 11.6. The predicted octanol–water partition coefficient (Wildman–Crippen LogP) is 1.24. The van der Waals surface area contributed by atoms with Crippen LogP contribution in [0.3, 0.4) is 0 Å². The molecule has 0 aliphatic carbocycles. The topological polar surface area (TPSA) is 92.7 Å². The Labute approximate surface area is 132 Å². The van der Waals surface area contributed by atoms with Crippen LogP contribution in [0.15, 0.2) is 10.3 Å². The smallest absolute Gasteiger partial charge is 0.349 e. The number of thiophene rings is 1. The largest absolute Gasteiger partial charge is 0.465 e. The highest BCUT2D eigenvalue weighted by Crippen LogP contribution is 2.27. The molecule has 1 rings (SSSR count). The van der Waals surface area contributed by atoms with Gasteiger partial charge in [0.1, 0.15) is 9.77 Å². The van der Waals surface area contributed by atoms with Gasteiger partial charge in [-0.05, 0) is 31.0 Å². The second-order valence-electron chi connectivity index (χ2n) is 4.82. The fraction of sp³-hybridized carbons (Fsp3) is 0.583. The Morgan fingerprint density at radius 1 is 1.57 bits per heavy atom. The number of sulfonamides is 1. The number of aliphatic hydroxyl groups is 1. The molecule has 0 aliphatic heterocycles. The van der Waals surface area contributed by atoms with Crippen LogP contribution in [0.4, 0.5) is 0 Å². The Hall–Kier alpha value is -0.610. The third-order valence-electron chi connectivity index (χ3n) is 2.66. The van der Waals surface area contributed by atoms with Gasteiger partial charge in [-0.1, -0.05) is 0 Å². The van der Waals surface area contributed by atoms with Crippen LogP contribution in [-0.2, 0) is 14.8 Å². The lowest BCUT2D eigenvalue weighted by Gasteiger charge is -2.22. The molecule has 9 heteroatoms. The lowest BCUT2D eigenvalue weighted by Crippen LogP contribution is -2.42. The molecule has 120 valence electrons. The minimum absolute atomic E-state index is 0.0343. The van der Waals surface area contributed by atoms with Crippen molar-refractivity contribution in [1.82, 2.24) is 4.72 Å². The number of hydrogen-bond acceptors (Lipinski definition) is 7. The molecule has 0 radical (unpaired) electrons. The maximum atomic E-state index is 12.4. The second-order valence-corrected chi connectivity index (χ2v) is 8.27. The third kappa shape index (κ3) is 4.68. The van der Waals surface area contributed by atoms with Crippen molar-refractivity contribution in [3.05, 3.63) is 15.8 Å². The summed E-state index contributed by atoms with van der Waals surface area (Å²) in [5.74, 6) is -0.300. The fourth-order valence-corrected chi connectivity index (χ4v) is 5.27. The van der Waals surface area contributed by atoms with Crippen molar-refractivity contribution in [3.8, 4) is 0 Å². The minimum Gasteiger partial charge on any atom is -0.465 e. The number of carbonyl (C=O) groups excluding carboxylic acids is 1. The number of nitrogens with one attached hydrogen (secondary N) is 1. The molecule has 0 aliphatic rings. The number of thioether (sulfide) groups is 1. The first kappa shape index (κ1) is 18.4. The molecule has 21 heavy (non-hydrogen) atoms. The summed E-state index contributed by atoms with van der Waals surface area (Å²) in [5.41, 5.74) is -0.695. The predicted molar refractivity (Wildman–Crippen MR) is 84.6 cm³/mol. The summed E-state index contributed by atoms with van der Waals surface area (Å²) >= 11 is 2.43. The zero-order chi connectivity index (χ0) is 16.3. The molecule has 0 spiro atoms. The standard InChI is InChI=1S/C12H19NO5S3/c1-8-5-20-9(11(14)18-3)10(8)21(16,17)13-6-12(2,15)7-19-4/h5,13,15H,6-7H2,1-4H3. The number of ether oxygens (including phenoxy) is 1. The molecule has 1 unspecified atom stereocenters. The molecule has 0 aromatic carbocycles. The van der Waals surface area contributed by atoms with Gasteiger partial charge in [0.2, 0.25) is 10.0 Å². The maximum absolute atomic E-state index is 12.4. The van der Waals surface area contributed by atoms with Gasteiger partial charge in [-0.3, -0.25) is 0 Å². The molecule has 1 aromatic rings. The molecule has 0 saturated carbocycles. The summed E-state index contributed by atoms with van der Waals surface area (Å²) in [6, 6.07) is 0. The van der Waals surface area contributed by atoms with Gasteiger partial charge in [0.15, 0.2) is 0 Å². The van der Waals surface area contributed by atoms with Crippen molar-refractivity contribution in [3.63, 3.8) is 0 Å². The third-order valence-corrected chi connectivity index (χ3v) is 6.36. The van der Waals surface area contributed by atoms with Gasteiger partial charge in [-0.15, -0.1) is 11.3 Å². The van der Waals surface area contributed by atoms with Crippen LogP contribution < -0.4 is 4.72 Å². The number of hydrogen-bond donors (Lipinski definition) is 2. The SMILES string of the molecule is COC(=O)c1scc(C)c1S(=O)(=O)NCC(C)(O)CSC. The molecule has 0 fully saturated rings. The van der Waals surface area contributed by atoms with Crippen LogP contribution in [-0.4, -0.2) is 50.8 Å². The van der Waals surface area contributed by atoms with E-state index in [9.17, 15) is 18.3 Å². The fourth-order valence-electron chi connectivity index (χ4n) is 1.69. The normalized spacial score (nSPS) is 14.7. The van der Waals surface area contributed by atoms with Crippen LogP contribution in [0.2, 0.25) is 0 Å². The maximum Gasteiger partial charge on any atom is 0.349 e. The number of esters is 1. The molecular formula is C12H19NO5S3. The van der Waals surface area contributed by atoms with Crippen LogP contribution >= 0.6 is 23.1 Å². The van der Waals surface area contributed by atoms with E-state index in [0.29, 0.717) is 11.3 Å². The monoisotopic (exact) mass is 353 g/mol. The summed E-state index contributed by atoms with van der Waals surface area (Å²) < 4.78 is 31.7. The Kier molecular flexibility index (Phi) is 6.23. The average Bonchev–Trinajstić information content (AvgIpc) is 2.78. The Balaban J connectivity index is 3.04. The second kappa shape index (κ2) is 7.10. The van der Waals surface area contributed by atoms with Crippen LogP contribution in [0.25, 0.3) is 0 Å². The van der Waals surface area contributed by atoms with Gasteiger partial charge in [-0.2, -0.15) is 11.8 Å². The molecule has 1 heterocycles. The molecule has 0 saturated heterocycles. The van der Waals surface area contributed by atoms with E-state index in [0.717, 1.165) is 11.3 Å². The molecule has 1 aromatic heterocycles. The number of carbonyl (C=O) groups is 1. The van der Waals surface area contributed by atoms with Gasteiger partial charge in [0.05, 0.1) is 12.7 Å². The first-order valence-electron chi connectivity index (χ1n) is 6.02. The van der Waals surface area contributed by atoms with E-state index >= 15 is 0 Å². The van der Waals surface area contributed by atoms with Crippen molar-refractivity contribution in [1.29, 1.82) is 0 Å². The highest BCUT2D eigenvalue weighted by atomic mass is 32.2. The summed E-state index contributed by atoms with van der Waals surface area (Å²) in [6.45, 7) is 3.03. The van der Waals surface area contributed by atoms with E-state index < -0.39 is 21.6 Å². The molecule has 6 nitrogen and oxygen atoms in total. The van der Waals surface area contributed by atoms with Crippen molar-refractivity contribution < 1.29 is 23.1 Å². The van der Waals surface area contributed by atoms with E-state index in [4.69, 9.17) is 0 Å². The summed E-state index contributed by atoms with van der Waals surface area (Å²) in [7, 11) is -2.70. The van der Waals surface area contributed by atoms with Crippen LogP contribution in [0, 0.1) is 6.92 Å². The molecule has 2 N–H and O–H groups in total. The highest BCUT2D eigenvalue weighted by molar-refractivity contribution is 7.98. The summed E-state index contributed by atoms with van der Waals surface area (Å²) in [6.07, 6.45) is 1.82. The van der Waals surface area contributed by atoms with Gasteiger partial charge in [0, 0.05) is 12.3 Å². The quantitative estimate of drug-likeness (QED) is 0.717. The average molecular weight is 353 g/mol. The van der Waals surface area contributed by atoms with E-state index in [1.807, 2.05) is 6.26 Å². The van der Waals surface area contributed by atoms with Gasteiger partial charge in [0.25, 0.3) is 0 Å². The van der Waals surface area contributed by atoms with E-state index in [2.05, 4.69) is 9.46 Å². The Morgan fingerprint density at radius 3 is 2.71 bits per heavy atom. The number of methoxy groups -OCH3 is 1. The van der Waals surface area contributed by atoms with Crippen molar-refractivity contribution >= 4 is 39.1 Å². The van der Waals surface area contributed by atoms with Crippen molar-refractivity contribution in [2.45, 2.75) is 24.3 Å². The summed E-state index contributed by atoms with van der Waals surface area (Å²) in [5, 5.41) is 11.6. The van der Waals surface area contributed by atoms with E-state index in [1.165, 1.54) is 18.9 Å². The zero-order valence-electron chi connectivity index (χ0n) is 12.3. The first-order chi connectivity index (χ1) is 9.64. The Morgan fingerprint density at radius 2 is 2.19 bits per heavy atom. The molecule has 0 amide bonds. The van der Waals surface area contributed by atoms with Crippen molar-refractivity contribution in [2.24, 2.45) is 0 Å². The van der Waals surface area contributed by atoms with E-state index in [-0.39, 0.29) is 16.3 Å². The number of aryl methyl sites for hydroxylation is 1. The van der Waals surface area contributed by atoms with Gasteiger partial charge < -0.3 is 9.84 Å². The molecular weight excluding hydrogens is 334 g/mol. The minimum atomic E-state index is -3.89. The first-order valence-corrected chi connectivity index (χ1v) is 9.77. The molecule has 1 atom stereocenters. The van der Waals surface area contributed by atoms with Crippen LogP contribution in [0.1, 0.15) is 22.2 Å². The highest BCUT2D eigenvalue weighted by Gasteiger charge is 2.30. The Bertz CT molecular complexity index is 606. The van der Waals surface area contributed by atoms with Crippen molar-refractivity contribution in [2.75, 3.05) is 25.7 Å². The van der Waals surface area contributed by atoms with Gasteiger partial charge >= 0.3 is 5.97 Å². The molecule has 0 bridgehead atoms. The number of rotatable bonds is 7. The lowest BCUT2D eigenvalue weighted by atomic mass is 10.1. The van der Waals surface area contributed by atoms with Crippen LogP contribution in [0.5, 0.6) is 0 Å². The lowest BCUT2D eigenvalue weighted by molar-refractivity contribution is 0.0602. The zero-order valence-corrected chi connectivity index (χ0v) is 14.7.